The molecule has 0 amide bonds. The molecule has 0 aromatic heterocycles. The highest BCUT2D eigenvalue weighted by Crippen LogP contribution is 2.30. The Balaban J connectivity index is 1.63. The Hall–Kier alpha value is -1.02. The van der Waals surface area contributed by atoms with Crippen molar-refractivity contribution in [3.8, 4) is 5.75 Å². The quantitative estimate of drug-likeness (QED) is 0.847. The number of hydrogen-bond acceptors (Lipinski definition) is 2. The van der Waals surface area contributed by atoms with E-state index in [-0.39, 0.29) is 0 Å². The van der Waals surface area contributed by atoms with Gasteiger partial charge in [-0.25, -0.2) is 0 Å². The van der Waals surface area contributed by atoms with Crippen molar-refractivity contribution in [2.24, 2.45) is 17.6 Å². The number of para-hydroxylation sites is 1. The van der Waals surface area contributed by atoms with E-state index in [9.17, 15) is 0 Å². The Kier molecular flexibility index (Phi) is 4.87. The molecule has 0 bridgehead atoms. The normalized spacial score (nSPS) is 24.5. The highest BCUT2D eigenvalue weighted by Gasteiger charge is 2.19. The summed E-state index contributed by atoms with van der Waals surface area (Å²) < 4.78 is 5.74. The van der Waals surface area contributed by atoms with Crippen molar-refractivity contribution in [3.05, 3.63) is 30.3 Å². The molecular weight excluding hydrogens is 210 g/mol. The number of nitrogens with two attached hydrogens (primary N) is 1. The van der Waals surface area contributed by atoms with Crippen molar-refractivity contribution in [2.45, 2.75) is 32.1 Å². The molecule has 2 rings (SSSR count). The van der Waals surface area contributed by atoms with Crippen LogP contribution in [0.4, 0.5) is 0 Å². The minimum atomic E-state index is 0.779. The van der Waals surface area contributed by atoms with Crippen molar-refractivity contribution in [2.75, 3.05) is 13.2 Å². The van der Waals surface area contributed by atoms with Gasteiger partial charge >= 0.3 is 0 Å². The van der Waals surface area contributed by atoms with E-state index < -0.39 is 0 Å². The SMILES string of the molecule is NCC1CCC(CCOc2ccccc2)CC1. The Morgan fingerprint density at radius 2 is 1.65 bits per heavy atom. The molecule has 2 heteroatoms. The van der Waals surface area contributed by atoms with Gasteiger partial charge in [0.2, 0.25) is 0 Å². The van der Waals surface area contributed by atoms with E-state index in [0.29, 0.717) is 0 Å². The number of ether oxygens (including phenoxy) is 1. The summed E-state index contributed by atoms with van der Waals surface area (Å²) >= 11 is 0. The van der Waals surface area contributed by atoms with Gasteiger partial charge in [-0.1, -0.05) is 31.0 Å². The molecule has 1 aromatic carbocycles. The second kappa shape index (κ2) is 6.65. The maximum Gasteiger partial charge on any atom is 0.119 e. The Labute approximate surface area is 104 Å². The van der Waals surface area contributed by atoms with Gasteiger partial charge in [0, 0.05) is 0 Å². The Morgan fingerprint density at radius 1 is 1.00 bits per heavy atom. The zero-order valence-corrected chi connectivity index (χ0v) is 10.5. The van der Waals surface area contributed by atoms with Gasteiger partial charge in [-0.05, 0) is 49.8 Å². The van der Waals surface area contributed by atoms with Crippen LogP contribution < -0.4 is 10.5 Å². The second-order valence-corrected chi connectivity index (χ2v) is 5.07. The molecule has 0 aliphatic heterocycles. The van der Waals surface area contributed by atoms with Gasteiger partial charge in [0.25, 0.3) is 0 Å². The van der Waals surface area contributed by atoms with Crippen LogP contribution in [0.5, 0.6) is 5.75 Å². The molecule has 94 valence electrons. The van der Waals surface area contributed by atoms with E-state index >= 15 is 0 Å². The lowest BCUT2D eigenvalue weighted by Crippen LogP contribution is -2.22. The van der Waals surface area contributed by atoms with Crippen molar-refractivity contribution in [1.29, 1.82) is 0 Å². The van der Waals surface area contributed by atoms with Crippen LogP contribution in [0.3, 0.4) is 0 Å². The maximum absolute atomic E-state index is 5.74. The number of hydrogen-bond donors (Lipinski definition) is 1. The van der Waals surface area contributed by atoms with Crippen LogP contribution in [-0.4, -0.2) is 13.2 Å². The number of benzene rings is 1. The first-order chi connectivity index (χ1) is 8.38. The third kappa shape index (κ3) is 4.04. The van der Waals surface area contributed by atoms with Gasteiger partial charge in [0.15, 0.2) is 0 Å². The van der Waals surface area contributed by atoms with Gasteiger partial charge in [0.1, 0.15) is 5.75 Å². The van der Waals surface area contributed by atoms with E-state index in [0.717, 1.165) is 30.7 Å². The summed E-state index contributed by atoms with van der Waals surface area (Å²) in [6.07, 6.45) is 6.48. The molecule has 0 saturated heterocycles. The van der Waals surface area contributed by atoms with Gasteiger partial charge in [-0.15, -0.1) is 0 Å². The molecule has 2 N–H and O–H groups in total. The Bertz CT molecular complexity index is 304. The third-order valence-electron chi connectivity index (χ3n) is 3.84. The zero-order chi connectivity index (χ0) is 11.9. The van der Waals surface area contributed by atoms with Gasteiger partial charge < -0.3 is 10.5 Å². The number of rotatable bonds is 5. The largest absolute Gasteiger partial charge is 0.494 e. The van der Waals surface area contributed by atoms with Gasteiger partial charge in [-0.2, -0.15) is 0 Å². The van der Waals surface area contributed by atoms with Crippen LogP contribution in [0.2, 0.25) is 0 Å². The molecule has 0 unspecified atom stereocenters. The van der Waals surface area contributed by atoms with Crippen molar-refractivity contribution >= 4 is 0 Å². The molecule has 1 aliphatic rings. The first-order valence-corrected chi connectivity index (χ1v) is 6.76. The predicted molar refractivity (Wildman–Crippen MR) is 71.1 cm³/mol. The summed E-state index contributed by atoms with van der Waals surface area (Å²) in [7, 11) is 0. The summed E-state index contributed by atoms with van der Waals surface area (Å²) in [5, 5.41) is 0. The standard InChI is InChI=1S/C15H23NO/c16-12-14-8-6-13(7-9-14)10-11-17-15-4-2-1-3-5-15/h1-5,13-14H,6-12,16H2. The smallest absolute Gasteiger partial charge is 0.119 e. The topological polar surface area (TPSA) is 35.2 Å². The van der Waals surface area contributed by atoms with Crippen LogP contribution in [-0.2, 0) is 0 Å². The molecule has 0 radical (unpaired) electrons. The van der Waals surface area contributed by atoms with Crippen molar-refractivity contribution < 1.29 is 4.74 Å². The van der Waals surface area contributed by atoms with E-state index in [1.165, 1.54) is 32.1 Å². The minimum absolute atomic E-state index is 0.779. The molecule has 0 atom stereocenters. The lowest BCUT2D eigenvalue weighted by Gasteiger charge is -2.27. The zero-order valence-electron chi connectivity index (χ0n) is 10.5. The Morgan fingerprint density at radius 3 is 2.29 bits per heavy atom. The molecule has 1 saturated carbocycles. The average molecular weight is 233 g/mol. The summed E-state index contributed by atoms with van der Waals surface area (Å²) in [5.74, 6) is 2.62. The molecular formula is C15H23NO. The molecule has 1 aromatic rings. The monoisotopic (exact) mass is 233 g/mol. The average Bonchev–Trinajstić information content (AvgIpc) is 2.41. The molecule has 2 nitrogen and oxygen atoms in total. The fraction of sp³-hybridized carbons (Fsp3) is 0.600. The maximum atomic E-state index is 5.74. The van der Waals surface area contributed by atoms with E-state index in [1.54, 1.807) is 0 Å². The molecule has 17 heavy (non-hydrogen) atoms. The first-order valence-electron chi connectivity index (χ1n) is 6.76. The minimum Gasteiger partial charge on any atom is -0.494 e. The van der Waals surface area contributed by atoms with Crippen LogP contribution >= 0.6 is 0 Å². The third-order valence-corrected chi connectivity index (χ3v) is 3.84. The van der Waals surface area contributed by atoms with E-state index in [2.05, 4.69) is 0 Å². The summed E-state index contributed by atoms with van der Waals surface area (Å²) in [6, 6.07) is 10.1. The van der Waals surface area contributed by atoms with Crippen LogP contribution in [0.1, 0.15) is 32.1 Å². The highest BCUT2D eigenvalue weighted by molar-refractivity contribution is 5.20. The van der Waals surface area contributed by atoms with E-state index in [1.807, 2.05) is 30.3 Å². The molecule has 0 heterocycles. The fourth-order valence-electron chi connectivity index (χ4n) is 2.62. The van der Waals surface area contributed by atoms with Crippen LogP contribution in [0.25, 0.3) is 0 Å². The predicted octanol–water partition coefficient (Wildman–Crippen LogP) is 3.22. The van der Waals surface area contributed by atoms with Crippen LogP contribution in [0, 0.1) is 11.8 Å². The van der Waals surface area contributed by atoms with Crippen molar-refractivity contribution in [3.63, 3.8) is 0 Å². The summed E-state index contributed by atoms with van der Waals surface area (Å²) in [5.41, 5.74) is 5.70. The molecule has 1 fully saturated rings. The summed E-state index contributed by atoms with van der Waals surface area (Å²) in [4.78, 5) is 0. The van der Waals surface area contributed by atoms with Gasteiger partial charge in [0.05, 0.1) is 6.61 Å². The van der Waals surface area contributed by atoms with Crippen molar-refractivity contribution in [1.82, 2.24) is 0 Å². The fourth-order valence-corrected chi connectivity index (χ4v) is 2.62. The lowest BCUT2D eigenvalue weighted by molar-refractivity contribution is 0.219. The molecule has 0 spiro atoms. The lowest BCUT2D eigenvalue weighted by atomic mass is 9.81. The summed E-state index contributed by atoms with van der Waals surface area (Å²) in [6.45, 7) is 1.72. The molecule has 1 aliphatic carbocycles. The van der Waals surface area contributed by atoms with Crippen LogP contribution in [0.15, 0.2) is 30.3 Å². The highest BCUT2D eigenvalue weighted by atomic mass is 16.5. The second-order valence-electron chi connectivity index (χ2n) is 5.07. The van der Waals surface area contributed by atoms with E-state index in [4.69, 9.17) is 10.5 Å². The van der Waals surface area contributed by atoms with Gasteiger partial charge in [-0.3, -0.25) is 0 Å². The first kappa shape index (κ1) is 12.4.